The third kappa shape index (κ3) is 16.7. The first-order valence-corrected chi connectivity index (χ1v) is 41.3. The smallest absolute Gasteiger partial charge is 0.560 e. The lowest BCUT2D eigenvalue weighted by Crippen LogP contribution is -2.44. The molecule has 4 heterocycles. The molecule has 6 aliphatic rings. The van der Waals surface area contributed by atoms with Gasteiger partial charge in [0.05, 0.1) is 0 Å². The monoisotopic (exact) mass is 1540 g/mol. The van der Waals surface area contributed by atoms with Gasteiger partial charge in [0.15, 0.2) is 0 Å². The summed E-state index contributed by atoms with van der Waals surface area (Å²) in [5, 5.41) is 28.2. The molecule has 0 atom stereocenters. The van der Waals surface area contributed by atoms with Crippen molar-refractivity contribution in [3.63, 3.8) is 0 Å². The lowest BCUT2D eigenvalue weighted by Gasteiger charge is -2.27. The Morgan fingerprint density at radius 3 is 0.887 bits per heavy atom. The first-order valence-electron chi connectivity index (χ1n) is 36.6. The Morgan fingerprint density at radius 2 is 0.651 bits per heavy atom. The molecule has 0 amide bonds. The Morgan fingerprint density at radius 1 is 0.406 bits per heavy atom. The molecule has 16 nitrogen and oxygen atoms in total. The lowest BCUT2D eigenvalue weighted by molar-refractivity contribution is -0.777. The number of nitrogens with zero attached hydrogens (tertiary/aromatic N) is 6. The summed E-state index contributed by atoms with van der Waals surface area (Å²) < 4.78 is 167. The number of alkyl halides is 6. The van der Waals surface area contributed by atoms with Crippen LogP contribution in [0.15, 0.2) is 191 Å². The van der Waals surface area contributed by atoms with Crippen molar-refractivity contribution in [1.29, 1.82) is 0 Å². The predicted molar refractivity (Wildman–Crippen MR) is 407 cm³/mol. The minimum atomic E-state index is -6.63. The summed E-state index contributed by atoms with van der Waals surface area (Å²) in [5.41, 5.74) is -4.80. The number of allylic oxidation sites excluding steroid dienone is 16. The predicted octanol–water partition coefficient (Wildman–Crippen LogP) is 17.3. The molecule has 0 spiro atoms. The fourth-order valence-electron chi connectivity index (χ4n) is 16.1. The van der Waals surface area contributed by atoms with Crippen LogP contribution in [-0.4, -0.2) is 98.0 Å². The van der Waals surface area contributed by atoms with Gasteiger partial charge in [0.1, 0.15) is 0 Å². The number of hydrogen-bond acceptors (Lipinski definition) is 16. The first kappa shape index (κ1) is 81.8. The molecule has 0 saturated heterocycles. The number of hydrogen-bond donors (Lipinski definition) is 0. The number of anilines is 4. The molecular weight excluding hydrogens is 1450 g/mol. The number of sulfonamides is 2. The van der Waals surface area contributed by atoms with Crippen molar-refractivity contribution < 1.29 is 80.4 Å². The van der Waals surface area contributed by atoms with Crippen molar-refractivity contribution in [2.45, 2.75) is 192 Å². The molecule has 0 unspecified atom stereocenters. The number of para-hydroxylation sites is 4. The van der Waals surface area contributed by atoms with Gasteiger partial charge in [-0.2, -0.15) is 51.8 Å². The van der Waals surface area contributed by atoms with Crippen LogP contribution in [0.1, 0.15) is 181 Å². The molecule has 0 N–H and O–H groups in total. The Balaban J connectivity index is 1.22. The standard InChI is InChI=1S/C80H98F6N6O10S4/c1-11-13-23-49-87-65-33-19-15-29-61(65)75(3,4)69(87)45-41-57-37-39-59(43-47-71-77(7,8)63-31-17-21-35-67(63)89(71)51-25-27-55-103-101-99-93)73(57)91(105(95,96)79(81,82)83)53-54-92(106(97,98)80(84,85)86)74-58(42-46-70-76(5,6)62-30-16-20-34-66(62)88(70)50-24-14-12-2)38-40-60(74)44-48-72-78(9,10)64-32-18-22-36-68(64)90(72)52-26-28-56-104-102-100-94/h15-22,29-36,41-48H,11-14,23-28,37-40,49-56H2,1-10H3. The highest BCUT2D eigenvalue weighted by Crippen LogP contribution is 2.53. The molecule has 0 bridgehead atoms. The zero-order chi connectivity index (χ0) is 76.6. The van der Waals surface area contributed by atoms with Gasteiger partial charge in [0.2, 0.25) is 24.5 Å². The molecule has 26 heteroatoms. The number of fused-ring (bicyclic) bond motifs is 4. The van der Waals surface area contributed by atoms with E-state index in [0.717, 1.165) is 119 Å². The molecule has 2 fully saturated rings. The van der Waals surface area contributed by atoms with Gasteiger partial charge in [0, 0.05) is 151 Å². The summed E-state index contributed by atoms with van der Waals surface area (Å²) in [7, 11) is -13.3. The summed E-state index contributed by atoms with van der Waals surface area (Å²) in [6.07, 6.45) is 21.1. The van der Waals surface area contributed by atoms with Crippen LogP contribution in [-0.2, 0) is 60.5 Å². The molecule has 0 radical (unpaired) electrons. The van der Waals surface area contributed by atoms with Gasteiger partial charge in [-0.05, 0) is 135 Å². The molecule has 0 aromatic heterocycles. The van der Waals surface area contributed by atoms with E-state index in [9.17, 15) is 10.5 Å². The molecule has 10 rings (SSSR count). The topological polar surface area (TPSA) is 170 Å². The third-order valence-electron chi connectivity index (χ3n) is 21.5. The van der Waals surface area contributed by atoms with Crippen molar-refractivity contribution in [1.82, 2.24) is 0 Å². The Kier molecular flexibility index (Phi) is 26.3. The maximum absolute atomic E-state index is 16.2. The normalized spacial score (nSPS) is 22.2. The second-order valence-corrected chi connectivity index (χ2v) is 34.9. The maximum atomic E-state index is 16.2. The van der Waals surface area contributed by atoms with E-state index < -0.39 is 77.2 Å². The second kappa shape index (κ2) is 34.0. The summed E-state index contributed by atoms with van der Waals surface area (Å²) in [4.78, 5) is 8.52. The fraction of sp³-hybridized carbons (Fsp3) is 0.475. The van der Waals surface area contributed by atoms with Crippen LogP contribution in [0.25, 0.3) is 0 Å². The van der Waals surface area contributed by atoms with E-state index in [0.29, 0.717) is 74.8 Å². The van der Waals surface area contributed by atoms with Crippen molar-refractivity contribution in [3.8, 4) is 0 Å². The minimum absolute atomic E-state index is 0.0108. The number of rotatable bonds is 31. The van der Waals surface area contributed by atoms with Gasteiger partial charge in [0.25, 0.3) is 0 Å². The molecule has 2 saturated carbocycles. The van der Waals surface area contributed by atoms with Crippen LogP contribution >= 0.6 is 24.1 Å². The van der Waals surface area contributed by atoms with E-state index >= 15 is 43.2 Å². The maximum Gasteiger partial charge on any atom is 0.560 e. The number of unbranched alkanes of at least 4 members (excludes halogenated alkanes) is 6. The second-order valence-electron chi connectivity index (χ2n) is 29.6. The van der Waals surface area contributed by atoms with Gasteiger partial charge >= 0.3 is 31.1 Å². The molecule has 4 aliphatic heterocycles. The van der Waals surface area contributed by atoms with Crippen LogP contribution in [0.5, 0.6) is 0 Å². The summed E-state index contributed by atoms with van der Waals surface area (Å²) in [6.45, 7) is 19.6. The van der Waals surface area contributed by atoms with Gasteiger partial charge in [-0.25, -0.2) is 0 Å². The zero-order valence-corrected chi connectivity index (χ0v) is 65.3. The quantitative estimate of drug-likeness (QED) is 0.0116. The Bertz CT molecular complexity index is 4170. The average Bonchev–Trinajstić information content (AvgIpc) is 1.61. The van der Waals surface area contributed by atoms with E-state index in [2.05, 4.69) is 52.2 Å². The summed E-state index contributed by atoms with van der Waals surface area (Å²) in [5.74, 6) is 0.837. The SMILES string of the molecule is CCCCCN1/C(=C/C=C2\CCC(=C/C=C3/N(CCCCSOO[O-])c4ccccc4C3(C)C)\C2=[N+](/CC/[N+](=C2C(=C/C=C3/N(CCCCC)c4ccccc4C3(C)C)/CCC/2=C\C=C2\N(CCCCSOO[O-])c3ccccc3C2(C)C)S(=O)(=O)C(F)(F)F)S(=O)(=O)C(F)(F)F)C(C)(C)c2ccccc21. The highest BCUT2D eigenvalue weighted by atomic mass is 32.2. The van der Waals surface area contributed by atoms with Crippen molar-refractivity contribution in [2.24, 2.45) is 0 Å². The van der Waals surface area contributed by atoms with Gasteiger partial charge in [-0.1, -0.05) is 192 Å². The van der Waals surface area contributed by atoms with Crippen molar-refractivity contribution in [2.75, 3.05) is 70.4 Å². The van der Waals surface area contributed by atoms with E-state index in [-0.39, 0.29) is 55.9 Å². The minimum Gasteiger partial charge on any atom is -0.691 e. The summed E-state index contributed by atoms with van der Waals surface area (Å²) in [6, 6.07) is 31.2. The number of benzene rings is 4. The molecule has 4 aromatic rings. The molecular formula is C80H98F6N6O10S4. The van der Waals surface area contributed by atoms with E-state index in [1.807, 2.05) is 152 Å². The van der Waals surface area contributed by atoms with Gasteiger partial charge in [-0.3, -0.25) is 10.1 Å². The first-order chi connectivity index (χ1) is 50.3. The number of halogens is 6. The van der Waals surface area contributed by atoms with Gasteiger partial charge < -0.3 is 30.1 Å². The fourth-order valence-corrected chi connectivity index (χ4v) is 19.1. The van der Waals surface area contributed by atoms with Gasteiger partial charge in [-0.15, -0.1) is 7.96 Å². The van der Waals surface area contributed by atoms with Crippen LogP contribution in [0.4, 0.5) is 49.1 Å². The zero-order valence-electron chi connectivity index (χ0n) is 62.1. The highest BCUT2D eigenvalue weighted by molar-refractivity contribution is 7.94. The van der Waals surface area contributed by atoms with Crippen molar-refractivity contribution in [3.05, 3.63) is 213 Å². The van der Waals surface area contributed by atoms with Crippen LogP contribution in [0, 0.1) is 0 Å². The molecule has 4 aromatic carbocycles. The lowest BCUT2D eigenvalue weighted by atomic mass is 9.83. The van der Waals surface area contributed by atoms with Crippen LogP contribution in [0.2, 0.25) is 0 Å². The Hall–Kier alpha value is -6.72. The highest BCUT2D eigenvalue weighted by Gasteiger charge is 2.60. The van der Waals surface area contributed by atoms with Crippen LogP contribution in [0.3, 0.4) is 0 Å². The largest absolute Gasteiger partial charge is 0.691 e. The molecule has 2 aliphatic carbocycles. The van der Waals surface area contributed by atoms with E-state index in [1.54, 1.807) is 48.6 Å². The Labute approximate surface area is 630 Å². The molecule has 574 valence electrons. The third-order valence-corrected chi connectivity index (χ3v) is 25.8. The van der Waals surface area contributed by atoms with E-state index in [4.69, 9.17) is 0 Å². The van der Waals surface area contributed by atoms with E-state index in [1.165, 1.54) is 0 Å². The molecule has 106 heavy (non-hydrogen) atoms. The van der Waals surface area contributed by atoms with Crippen LogP contribution < -0.4 is 30.1 Å². The average molecular weight is 1550 g/mol. The summed E-state index contributed by atoms with van der Waals surface area (Å²) >= 11 is 1.71. The van der Waals surface area contributed by atoms with Crippen molar-refractivity contribution >= 4 is 78.3 Å².